The zero-order valence-corrected chi connectivity index (χ0v) is 15.1. The van der Waals surface area contributed by atoms with E-state index in [2.05, 4.69) is 15.3 Å². The Morgan fingerprint density at radius 1 is 1.15 bits per heavy atom. The molecular formula is C20H14FN3O2S. The van der Waals surface area contributed by atoms with E-state index in [0.29, 0.717) is 5.69 Å². The van der Waals surface area contributed by atoms with Gasteiger partial charge in [-0.15, -0.1) is 11.3 Å². The summed E-state index contributed by atoms with van der Waals surface area (Å²) >= 11 is 1.58. The van der Waals surface area contributed by atoms with Crippen molar-refractivity contribution in [2.24, 2.45) is 0 Å². The summed E-state index contributed by atoms with van der Waals surface area (Å²) in [5.41, 5.74) is 2.48. The van der Waals surface area contributed by atoms with Crippen LogP contribution in [-0.4, -0.2) is 23.0 Å². The van der Waals surface area contributed by atoms with Gasteiger partial charge in [0.05, 0.1) is 29.1 Å². The van der Waals surface area contributed by atoms with Crippen molar-refractivity contribution in [1.82, 2.24) is 9.97 Å². The van der Waals surface area contributed by atoms with Gasteiger partial charge in [0.2, 0.25) is 5.95 Å². The SMILES string of the molecule is COc1cnc(F)cc1C(=O)Nc1cccc(-c2nc3ccccc3s2)c1. The zero-order valence-electron chi connectivity index (χ0n) is 14.3. The minimum atomic E-state index is -0.746. The lowest BCUT2D eigenvalue weighted by Crippen LogP contribution is -2.14. The van der Waals surface area contributed by atoms with Crippen LogP contribution < -0.4 is 10.1 Å². The fourth-order valence-electron chi connectivity index (χ4n) is 2.68. The number of methoxy groups -OCH3 is 1. The Labute approximate surface area is 158 Å². The molecule has 4 aromatic rings. The molecule has 0 fully saturated rings. The molecule has 27 heavy (non-hydrogen) atoms. The lowest BCUT2D eigenvalue weighted by Gasteiger charge is -2.09. The van der Waals surface area contributed by atoms with E-state index < -0.39 is 11.9 Å². The van der Waals surface area contributed by atoms with Crippen LogP contribution in [0.4, 0.5) is 10.1 Å². The number of aromatic nitrogens is 2. The molecule has 0 saturated heterocycles. The van der Waals surface area contributed by atoms with Gasteiger partial charge >= 0.3 is 0 Å². The number of halogens is 1. The number of para-hydroxylation sites is 1. The fourth-order valence-corrected chi connectivity index (χ4v) is 3.64. The monoisotopic (exact) mass is 379 g/mol. The second kappa shape index (κ2) is 7.13. The molecule has 0 atom stereocenters. The molecule has 0 spiro atoms. The maximum absolute atomic E-state index is 13.4. The molecule has 7 heteroatoms. The Bertz CT molecular complexity index is 1110. The number of hydrogen-bond acceptors (Lipinski definition) is 5. The highest BCUT2D eigenvalue weighted by molar-refractivity contribution is 7.21. The standard InChI is InChI=1S/C20H14FN3O2S/c1-26-16-11-22-18(21)10-14(16)19(25)23-13-6-4-5-12(9-13)20-24-15-7-2-3-8-17(15)27-20/h2-11H,1H3,(H,23,25). The molecule has 5 nitrogen and oxygen atoms in total. The van der Waals surface area contributed by atoms with Gasteiger partial charge in [-0.05, 0) is 24.3 Å². The normalized spacial score (nSPS) is 10.7. The van der Waals surface area contributed by atoms with Crippen molar-refractivity contribution in [2.45, 2.75) is 0 Å². The number of amides is 1. The second-order valence-electron chi connectivity index (χ2n) is 5.73. The van der Waals surface area contributed by atoms with Crippen LogP contribution in [0.1, 0.15) is 10.4 Å². The summed E-state index contributed by atoms with van der Waals surface area (Å²) in [5, 5.41) is 3.63. The van der Waals surface area contributed by atoms with E-state index in [1.165, 1.54) is 13.3 Å². The lowest BCUT2D eigenvalue weighted by molar-refractivity contribution is 0.102. The highest BCUT2D eigenvalue weighted by atomic mass is 32.1. The molecule has 0 aliphatic carbocycles. The maximum Gasteiger partial charge on any atom is 0.259 e. The predicted octanol–water partition coefficient (Wildman–Crippen LogP) is 4.76. The van der Waals surface area contributed by atoms with Gasteiger partial charge in [-0.3, -0.25) is 4.79 Å². The molecule has 0 aliphatic rings. The number of ether oxygens (including phenoxy) is 1. The number of carbonyl (C=O) groups excluding carboxylic acids is 1. The van der Waals surface area contributed by atoms with Crippen LogP contribution in [0.2, 0.25) is 0 Å². The molecule has 2 aromatic heterocycles. The number of nitrogens with zero attached hydrogens (tertiary/aromatic N) is 2. The Morgan fingerprint density at radius 2 is 2.00 bits per heavy atom. The fraction of sp³-hybridized carbons (Fsp3) is 0.0500. The highest BCUT2D eigenvalue weighted by Gasteiger charge is 2.15. The molecule has 0 aliphatic heterocycles. The van der Waals surface area contributed by atoms with Crippen LogP contribution in [0, 0.1) is 5.95 Å². The number of thiazole rings is 1. The van der Waals surface area contributed by atoms with Gasteiger partial charge in [0.25, 0.3) is 5.91 Å². The van der Waals surface area contributed by atoms with Gasteiger partial charge in [0.1, 0.15) is 10.8 Å². The van der Waals surface area contributed by atoms with Crippen LogP contribution in [0.25, 0.3) is 20.8 Å². The van der Waals surface area contributed by atoms with E-state index in [9.17, 15) is 9.18 Å². The minimum Gasteiger partial charge on any atom is -0.494 e. The van der Waals surface area contributed by atoms with Crippen molar-refractivity contribution in [3.05, 3.63) is 72.3 Å². The minimum absolute atomic E-state index is 0.0791. The Morgan fingerprint density at radius 3 is 2.81 bits per heavy atom. The van der Waals surface area contributed by atoms with Crippen LogP contribution in [-0.2, 0) is 0 Å². The Kier molecular flexibility index (Phi) is 4.52. The molecule has 2 heterocycles. The third kappa shape index (κ3) is 3.50. The van der Waals surface area contributed by atoms with Gasteiger partial charge < -0.3 is 10.1 Å². The van der Waals surface area contributed by atoms with Crippen molar-refractivity contribution in [3.63, 3.8) is 0 Å². The van der Waals surface area contributed by atoms with Gasteiger partial charge in [0.15, 0.2) is 0 Å². The zero-order chi connectivity index (χ0) is 18.8. The number of anilines is 1. The number of nitrogens with one attached hydrogen (secondary N) is 1. The first-order valence-electron chi connectivity index (χ1n) is 8.11. The van der Waals surface area contributed by atoms with E-state index in [0.717, 1.165) is 26.9 Å². The van der Waals surface area contributed by atoms with E-state index in [4.69, 9.17) is 4.74 Å². The topological polar surface area (TPSA) is 64.1 Å². The smallest absolute Gasteiger partial charge is 0.259 e. The third-order valence-corrected chi connectivity index (χ3v) is 5.05. The molecule has 0 radical (unpaired) electrons. The summed E-state index contributed by atoms with van der Waals surface area (Å²) < 4.78 is 19.6. The van der Waals surface area contributed by atoms with E-state index in [1.807, 2.05) is 42.5 Å². The van der Waals surface area contributed by atoms with E-state index >= 15 is 0 Å². The third-order valence-electron chi connectivity index (χ3n) is 3.96. The quantitative estimate of drug-likeness (QED) is 0.519. The average molecular weight is 379 g/mol. The highest BCUT2D eigenvalue weighted by Crippen LogP contribution is 2.31. The van der Waals surface area contributed by atoms with E-state index in [-0.39, 0.29) is 11.3 Å². The first-order valence-corrected chi connectivity index (χ1v) is 8.92. The molecule has 0 saturated carbocycles. The molecule has 0 unspecified atom stereocenters. The summed E-state index contributed by atoms with van der Waals surface area (Å²) in [6.07, 6.45) is 1.18. The lowest BCUT2D eigenvalue weighted by atomic mass is 10.2. The number of rotatable bonds is 4. The molecule has 1 amide bonds. The van der Waals surface area contributed by atoms with Crippen LogP contribution in [0.3, 0.4) is 0 Å². The van der Waals surface area contributed by atoms with Gasteiger partial charge in [0, 0.05) is 17.3 Å². The van der Waals surface area contributed by atoms with E-state index in [1.54, 1.807) is 17.4 Å². The average Bonchev–Trinajstić information content (AvgIpc) is 3.12. The molecular weight excluding hydrogens is 365 g/mol. The van der Waals surface area contributed by atoms with Crippen LogP contribution in [0.5, 0.6) is 5.75 Å². The van der Waals surface area contributed by atoms with Crippen molar-refractivity contribution in [2.75, 3.05) is 12.4 Å². The van der Waals surface area contributed by atoms with Crippen molar-refractivity contribution in [3.8, 4) is 16.3 Å². The van der Waals surface area contributed by atoms with Crippen molar-refractivity contribution in [1.29, 1.82) is 0 Å². The summed E-state index contributed by atoms with van der Waals surface area (Å²) in [4.78, 5) is 20.7. The molecule has 2 aromatic carbocycles. The first-order chi connectivity index (χ1) is 13.1. The largest absolute Gasteiger partial charge is 0.494 e. The summed E-state index contributed by atoms with van der Waals surface area (Å²) in [6, 6.07) is 16.3. The summed E-state index contributed by atoms with van der Waals surface area (Å²) in [5.74, 6) is -1.02. The number of pyridine rings is 1. The maximum atomic E-state index is 13.4. The second-order valence-corrected chi connectivity index (χ2v) is 6.76. The summed E-state index contributed by atoms with van der Waals surface area (Å²) in [6.45, 7) is 0. The van der Waals surface area contributed by atoms with Crippen molar-refractivity contribution >= 4 is 33.1 Å². The number of carbonyl (C=O) groups is 1. The van der Waals surface area contributed by atoms with Gasteiger partial charge in [-0.25, -0.2) is 9.97 Å². The predicted molar refractivity (Wildman–Crippen MR) is 104 cm³/mol. The molecule has 0 bridgehead atoms. The van der Waals surface area contributed by atoms with Crippen LogP contribution >= 0.6 is 11.3 Å². The van der Waals surface area contributed by atoms with Crippen LogP contribution in [0.15, 0.2) is 60.8 Å². The number of benzene rings is 2. The Hall–Kier alpha value is -3.32. The molecule has 1 N–H and O–H groups in total. The summed E-state index contributed by atoms with van der Waals surface area (Å²) in [7, 11) is 1.40. The number of hydrogen-bond donors (Lipinski definition) is 1. The van der Waals surface area contributed by atoms with Gasteiger partial charge in [-0.1, -0.05) is 24.3 Å². The van der Waals surface area contributed by atoms with Gasteiger partial charge in [-0.2, -0.15) is 4.39 Å². The number of fused-ring (bicyclic) bond motifs is 1. The molecule has 4 rings (SSSR count). The first kappa shape index (κ1) is 17.1. The molecule has 134 valence electrons. The Balaban J connectivity index is 1.63. The van der Waals surface area contributed by atoms with Crippen molar-refractivity contribution < 1.29 is 13.9 Å².